The Hall–Kier alpha value is -2.69. The van der Waals surface area contributed by atoms with Gasteiger partial charge in [0.1, 0.15) is 36.7 Å². The quantitative estimate of drug-likeness (QED) is 0.449. The van der Waals surface area contributed by atoms with Crippen LogP contribution < -0.4 is 15.4 Å². The summed E-state index contributed by atoms with van der Waals surface area (Å²) in [6, 6.07) is 13.3. The minimum atomic E-state index is -1.36. The zero-order valence-electron chi connectivity index (χ0n) is 18.2. The molecule has 5 atom stereocenters. The maximum Gasteiger partial charge on any atom is 0.251 e. The summed E-state index contributed by atoms with van der Waals surface area (Å²) in [6.45, 7) is 1.51. The lowest BCUT2D eigenvalue weighted by molar-refractivity contribution is -0.254. The van der Waals surface area contributed by atoms with Crippen LogP contribution in [0.5, 0.6) is 5.75 Å². The molecule has 0 aliphatic carbocycles. The highest BCUT2D eigenvalue weighted by Crippen LogP contribution is 2.27. The van der Waals surface area contributed by atoms with Gasteiger partial charge in [0, 0.05) is 26.1 Å². The lowest BCUT2D eigenvalue weighted by atomic mass is 9.96. The van der Waals surface area contributed by atoms with Crippen molar-refractivity contribution < 1.29 is 34.0 Å². The third-order valence-corrected chi connectivity index (χ3v) is 5.49. The van der Waals surface area contributed by atoms with E-state index in [1.54, 1.807) is 12.1 Å². The molecule has 33 heavy (non-hydrogen) atoms. The summed E-state index contributed by atoms with van der Waals surface area (Å²) >= 11 is 6.27. The van der Waals surface area contributed by atoms with Crippen LogP contribution in [0.1, 0.15) is 22.8 Å². The van der Waals surface area contributed by atoms with Crippen molar-refractivity contribution in [3.63, 3.8) is 0 Å². The maximum absolute atomic E-state index is 12.6. The van der Waals surface area contributed by atoms with Crippen molar-refractivity contribution in [1.29, 1.82) is 0 Å². The van der Waals surface area contributed by atoms with Gasteiger partial charge in [-0.15, -0.1) is 0 Å². The summed E-state index contributed by atoms with van der Waals surface area (Å²) in [7, 11) is 1.35. The molecular formula is C23H27ClN2O7. The molecule has 0 bridgehead atoms. The molecule has 0 aromatic heterocycles. The zero-order chi connectivity index (χ0) is 24.0. The Kier molecular flexibility index (Phi) is 8.65. The summed E-state index contributed by atoms with van der Waals surface area (Å²) in [6.07, 6.45) is -4.65. The average molecular weight is 479 g/mol. The number of ether oxygens (including phenoxy) is 3. The highest BCUT2D eigenvalue weighted by atomic mass is 35.5. The molecule has 1 fully saturated rings. The first-order chi connectivity index (χ1) is 15.8. The first-order valence-corrected chi connectivity index (χ1v) is 10.7. The van der Waals surface area contributed by atoms with E-state index in [9.17, 15) is 19.8 Å². The van der Waals surface area contributed by atoms with Crippen LogP contribution in [0.3, 0.4) is 0 Å². The van der Waals surface area contributed by atoms with Crippen molar-refractivity contribution in [1.82, 2.24) is 10.6 Å². The molecule has 2 aromatic carbocycles. The second-order valence-corrected chi connectivity index (χ2v) is 8.02. The largest absolute Gasteiger partial charge is 0.487 e. The van der Waals surface area contributed by atoms with Gasteiger partial charge in [-0.1, -0.05) is 41.9 Å². The molecule has 4 N–H and O–H groups in total. The summed E-state index contributed by atoms with van der Waals surface area (Å²) in [5, 5.41) is 26.2. The van der Waals surface area contributed by atoms with Gasteiger partial charge in [-0.2, -0.15) is 0 Å². The number of aliphatic hydroxyl groups is 2. The van der Waals surface area contributed by atoms with Crippen molar-refractivity contribution in [2.75, 3.05) is 13.7 Å². The Morgan fingerprint density at radius 3 is 2.48 bits per heavy atom. The Balaban J connectivity index is 1.57. The van der Waals surface area contributed by atoms with Gasteiger partial charge in [0.2, 0.25) is 5.91 Å². The van der Waals surface area contributed by atoms with E-state index >= 15 is 0 Å². The predicted octanol–water partition coefficient (Wildman–Crippen LogP) is 1.25. The first-order valence-electron chi connectivity index (χ1n) is 10.4. The molecule has 2 amide bonds. The number of amides is 2. The van der Waals surface area contributed by atoms with E-state index in [0.717, 1.165) is 5.56 Å². The molecule has 0 saturated carbocycles. The summed E-state index contributed by atoms with van der Waals surface area (Å²) in [4.78, 5) is 23.9. The van der Waals surface area contributed by atoms with Crippen LogP contribution in [-0.2, 0) is 20.9 Å². The minimum absolute atomic E-state index is 0.104. The summed E-state index contributed by atoms with van der Waals surface area (Å²) < 4.78 is 16.5. The molecule has 9 nitrogen and oxygen atoms in total. The second kappa shape index (κ2) is 11.4. The highest BCUT2D eigenvalue weighted by Gasteiger charge is 2.45. The van der Waals surface area contributed by atoms with Crippen molar-refractivity contribution in [3.05, 3.63) is 64.7 Å². The molecule has 3 rings (SSSR count). The number of carbonyl (C=O) groups excluding carboxylic acids is 2. The van der Waals surface area contributed by atoms with Gasteiger partial charge < -0.3 is 35.1 Å². The number of benzene rings is 2. The zero-order valence-corrected chi connectivity index (χ0v) is 19.0. The lowest BCUT2D eigenvalue weighted by Gasteiger charge is -2.42. The van der Waals surface area contributed by atoms with E-state index in [1.165, 1.54) is 20.1 Å². The number of rotatable bonds is 8. The van der Waals surface area contributed by atoms with Crippen molar-refractivity contribution >= 4 is 23.4 Å². The van der Waals surface area contributed by atoms with E-state index in [-0.39, 0.29) is 17.1 Å². The molecular weight excluding hydrogens is 452 g/mol. The number of nitrogens with one attached hydrogen (secondary N) is 2. The average Bonchev–Trinajstić information content (AvgIpc) is 2.81. The van der Waals surface area contributed by atoms with Gasteiger partial charge in [-0.25, -0.2) is 0 Å². The number of hydrogen-bond acceptors (Lipinski definition) is 7. The Morgan fingerprint density at radius 2 is 1.85 bits per heavy atom. The van der Waals surface area contributed by atoms with Gasteiger partial charge >= 0.3 is 0 Å². The number of hydrogen-bond donors (Lipinski definition) is 4. The topological polar surface area (TPSA) is 126 Å². The van der Waals surface area contributed by atoms with Crippen LogP contribution in [0, 0.1) is 0 Å². The van der Waals surface area contributed by atoms with Gasteiger partial charge in [-0.05, 0) is 23.8 Å². The fourth-order valence-electron chi connectivity index (χ4n) is 3.48. The highest BCUT2D eigenvalue weighted by molar-refractivity contribution is 6.32. The second-order valence-electron chi connectivity index (χ2n) is 7.62. The molecule has 10 heteroatoms. The van der Waals surface area contributed by atoms with Gasteiger partial charge in [-0.3, -0.25) is 9.59 Å². The number of methoxy groups -OCH3 is 1. The van der Waals surface area contributed by atoms with Gasteiger partial charge in [0.25, 0.3) is 5.91 Å². The lowest BCUT2D eigenvalue weighted by Crippen LogP contribution is -2.65. The molecule has 1 heterocycles. The number of halogens is 1. The van der Waals surface area contributed by atoms with Crippen LogP contribution in [-0.4, -0.2) is 66.3 Å². The molecule has 1 aliphatic heterocycles. The van der Waals surface area contributed by atoms with E-state index in [2.05, 4.69) is 10.6 Å². The van der Waals surface area contributed by atoms with Crippen LogP contribution in [0.15, 0.2) is 48.5 Å². The van der Waals surface area contributed by atoms with E-state index < -0.39 is 42.5 Å². The first kappa shape index (κ1) is 24.9. The smallest absolute Gasteiger partial charge is 0.251 e. The fourth-order valence-corrected chi connectivity index (χ4v) is 3.71. The Labute approximate surface area is 196 Å². The van der Waals surface area contributed by atoms with Crippen LogP contribution in [0.25, 0.3) is 0 Å². The Bertz CT molecular complexity index is 957. The fraction of sp³-hybridized carbons (Fsp3) is 0.391. The normalized spacial score (nSPS) is 24.7. The van der Waals surface area contributed by atoms with Crippen molar-refractivity contribution in [2.24, 2.45) is 0 Å². The minimum Gasteiger partial charge on any atom is -0.487 e. The number of aliphatic hydroxyl groups excluding tert-OH is 2. The molecule has 178 valence electrons. The molecule has 2 aromatic rings. The van der Waals surface area contributed by atoms with Crippen LogP contribution in [0.2, 0.25) is 5.02 Å². The van der Waals surface area contributed by atoms with Crippen molar-refractivity contribution in [3.8, 4) is 5.75 Å². The molecule has 0 spiro atoms. The van der Waals surface area contributed by atoms with Gasteiger partial charge in [0.05, 0.1) is 5.02 Å². The van der Waals surface area contributed by atoms with E-state index in [0.29, 0.717) is 12.4 Å². The molecule has 1 saturated heterocycles. The maximum atomic E-state index is 12.6. The molecule has 0 unspecified atom stereocenters. The monoisotopic (exact) mass is 478 g/mol. The third kappa shape index (κ3) is 6.43. The summed E-state index contributed by atoms with van der Waals surface area (Å²) in [5.41, 5.74) is 1.27. The van der Waals surface area contributed by atoms with Gasteiger partial charge in [0.15, 0.2) is 6.29 Å². The molecule has 0 radical (unpaired) electrons. The standard InChI is InChI=1S/C23H27ClN2O7/c1-13(27)26-19-21(29)20(28)18(33-23(19)31-2)11-25-22(30)15-8-9-17(16(24)10-15)32-12-14-6-4-3-5-7-14/h3-10,18-21,23,28-29H,11-12H2,1-2H3,(H,25,30)(H,26,27)/t18-,19-,20-,21-,23+/m1/s1. The van der Waals surface area contributed by atoms with E-state index in [1.807, 2.05) is 30.3 Å². The predicted molar refractivity (Wildman–Crippen MR) is 120 cm³/mol. The van der Waals surface area contributed by atoms with Crippen LogP contribution in [0.4, 0.5) is 0 Å². The third-order valence-electron chi connectivity index (χ3n) is 5.20. The SMILES string of the molecule is CO[C@H]1O[C@H](CNC(=O)c2ccc(OCc3ccccc3)c(Cl)c2)[C@@H](O)[C@H](O)[C@H]1NC(C)=O. The van der Waals surface area contributed by atoms with E-state index in [4.69, 9.17) is 25.8 Å². The van der Waals surface area contributed by atoms with Crippen LogP contribution >= 0.6 is 11.6 Å². The molecule has 1 aliphatic rings. The number of carbonyl (C=O) groups is 2. The van der Waals surface area contributed by atoms with Crippen molar-refractivity contribution in [2.45, 2.75) is 44.2 Å². The summed E-state index contributed by atoms with van der Waals surface area (Å²) in [5.74, 6) is -0.412. The Morgan fingerprint density at radius 1 is 1.12 bits per heavy atom.